The van der Waals surface area contributed by atoms with Crippen molar-refractivity contribution < 1.29 is 9.47 Å². The van der Waals surface area contributed by atoms with Crippen molar-refractivity contribution in [3.8, 4) is 5.75 Å². The van der Waals surface area contributed by atoms with Crippen LogP contribution < -0.4 is 8.58 Å². The van der Waals surface area contributed by atoms with E-state index in [-0.39, 0.29) is 6.10 Å². The van der Waals surface area contributed by atoms with E-state index in [2.05, 4.69) is 16.9 Å². The van der Waals surface area contributed by atoms with Crippen molar-refractivity contribution in [1.29, 1.82) is 0 Å². The first-order chi connectivity index (χ1) is 7.88. The number of rotatable bonds is 6. The quantitative estimate of drug-likeness (QED) is 0.573. The second-order valence-corrected chi connectivity index (χ2v) is 7.51. The second kappa shape index (κ2) is 6.39. The van der Waals surface area contributed by atoms with Crippen LogP contribution in [0.25, 0.3) is 0 Å². The van der Waals surface area contributed by atoms with Gasteiger partial charge in [0, 0.05) is 0 Å². The molecule has 1 aromatic heterocycles. The molecular formula is C11H16N2O2Sn. The molecule has 0 saturated carbocycles. The van der Waals surface area contributed by atoms with E-state index < -0.39 is 21.1 Å². The Morgan fingerprint density at radius 1 is 1.44 bits per heavy atom. The first-order valence-corrected chi connectivity index (χ1v) is 9.13. The molecule has 0 aromatic carbocycles. The summed E-state index contributed by atoms with van der Waals surface area (Å²) in [4.78, 5) is 8.72. The number of hydrogen-bond acceptors (Lipinski definition) is 4. The summed E-state index contributed by atoms with van der Waals surface area (Å²) in [6, 6.07) is 0. The number of aromatic nitrogens is 2. The van der Waals surface area contributed by atoms with Crippen LogP contribution >= 0.6 is 0 Å². The molecule has 0 bridgehead atoms. The Bertz CT molecular complexity index is 314. The molecule has 1 aromatic rings. The summed E-state index contributed by atoms with van der Waals surface area (Å²) in [6.07, 6.45) is 6.38. The third-order valence-corrected chi connectivity index (χ3v) is 5.71. The van der Waals surface area contributed by atoms with Gasteiger partial charge in [0.15, 0.2) is 0 Å². The summed E-state index contributed by atoms with van der Waals surface area (Å²) in [5.41, 5.74) is 0. The van der Waals surface area contributed by atoms with Gasteiger partial charge in [0.2, 0.25) is 0 Å². The molecule has 4 nitrogen and oxygen atoms in total. The average molecular weight is 327 g/mol. The second-order valence-electron chi connectivity index (χ2n) is 3.80. The number of hydrogen-bond donors (Lipinski definition) is 0. The molecule has 2 rings (SSSR count). The van der Waals surface area contributed by atoms with Crippen LogP contribution in [0, 0.1) is 0 Å². The minimum absolute atomic E-state index is 0.203. The van der Waals surface area contributed by atoms with Gasteiger partial charge in [-0.15, -0.1) is 0 Å². The number of ether oxygens (including phenoxy) is 2. The Balaban J connectivity index is 1.78. The van der Waals surface area contributed by atoms with Crippen LogP contribution in [0.3, 0.4) is 0 Å². The summed E-state index contributed by atoms with van der Waals surface area (Å²) in [7, 11) is 0. The van der Waals surface area contributed by atoms with Crippen molar-refractivity contribution in [1.82, 2.24) is 9.97 Å². The standard InChI is InChI=1S/C7H7N2O2.C4H9.Sn/c1-6(2-9-5-8-1)11-7-3-10-4-7;1-3-4-2;/h1-2,7H,3-4H2;1,3-4H2,2H3;. The van der Waals surface area contributed by atoms with Crippen LogP contribution in [-0.4, -0.2) is 50.4 Å². The number of nitrogens with zero attached hydrogens (tertiary/aromatic N) is 2. The van der Waals surface area contributed by atoms with E-state index in [0.717, 1.165) is 9.59 Å². The van der Waals surface area contributed by atoms with Crippen molar-refractivity contribution in [2.75, 3.05) is 13.2 Å². The third-order valence-electron chi connectivity index (χ3n) is 2.35. The van der Waals surface area contributed by atoms with Crippen LogP contribution in [-0.2, 0) is 4.74 Å². The molecule has 1 saturated heterocycles. The summed E-state index contributed by atoms with van der Waals surface area (Å²) in [5.74, 6) is 0.770. The van der Waals surface area contributed by atoms with Gasteiger partial charge in [-0.25, -0.2) is 0 Å². The van der Waals surface area contributed by atoms with E-state index in [0.29, 0.717) is 13.2 Å². The molecule has 0 unspecified atom stereocenters. The van der Waals surface area contributed by atoms with Gasteiger partial charge < -0.3 is 0 Å². The zero-order valence-corrected chi connectivity index (χ0v) is 12.3. The average Bonchev–Trinajstić information content (AvgIpc) is 2.26. The van der Waals surface area contributed by atoms with E-state index in [1.54, 1.807) is 12.4 Å². The van der Waals surface area contributed by atoms with Gasteiger partial charge in [-0.2, -0.15) is 0 Å². The zero-order valence-electron chi connectivity index (χ0n) is 9.48. The van der Waals surface area contributed by atoms with Crippen LogP contribution in [0.4, 0.5) is 0 Å². The molecule has 1 aliphatic heterocycles. The molecule has 5 heteroatoms. The molecule has 0 atom stereocenters. The van der Waals surface area contributed by atoms with Crippen molar-refractivity contribution in [3.05, 3.63) is 12.4 Å². The van der Waals surface area contributed by atoms with E-state index >= 15 is 0 Å². The Morgan fingerprint density at radius 2 is 2.19 bits per heavy atom. The van der Waals surface area contributed by atoms with Gasteiger partial charge in [0.25, 0.3) is 0 Å². The Labute approximate surface area is 106 Å². The first kappa shape index (κ1) is 12.1. The van der Waals surface area contributed by atoms with Gasteiger partial charge in [-0.05, 0) is 0 Å². The zero-order chi connectivity index (χ0) is 11.2. The van der Waals surface area contributed by atoms with Crippen LogP contribution in [0.5, 0.6) is 5.75 Å². The number of unbranched alkanes of at least 4 members (excludes halogenated alkanes) is 1. The minimum atomic E-state index is -0.532. The van der Waals surface area contributed by atoms with Gasteiger partial charge in [-0.1, -0.05) is 0 Å². The monoisotopic (exact) mass is 328 g/mol. The van der Waals surface area contributed by atoms with Gasteiger partial charge in [-0.3, -0.25) is 0 Å². The van der Waals surface area contributed by atoms with Crippen molar-refractivity contribution in [3.63, 3.8) is 0 Å². The maximum atomic E-state index is 5.60. The summed E-state index contributed by atoms with van der Waals surface area (Å²) >= 11 is -0.532. The summed E-state index contributed by atoms with van der Waals surface area (Å²) in [6.45, 7) is 3.60. The van der Waals surface area contributed by atoms with E-state index in [1.165, 1.54) is 17.3 Å². The summed E-state index contributed by atoms with van der Waals surface area (Å²) in [5, 5.41) is 0. The Kier molecular flexibility index (Phi) is 4.84. The topological polar surface area (TPSA) is 44.2 Å². The van der Waals surface area contributed by atoms with Crippen LogP contribution in [0.2, 0.25) is 4.44 Å². The first-order valence-electron chi connectivity index (χ1n) is 5.69. The molecule has 0 N–H and O–H groups in total. The fourth-order valence-electron chi connectivity index (χ4n) is 1.32. The van der Waals surface area contributed by atoms with E-state index in [1.807, 2.05) is 0 Å². The van der Waals surface area contributed by atoms with Gasteiger partial charge in [0.1, 0.15) is 0 Å². The van der Waals surface area contributed by atoms with Crippen molar-refractivity contribution >= 4 is 25.0 Å². The molecular weight excluding hydrogens is 311 g/mol. The molecule has 1 aliphatic rings. The van der Waals surface area contributed by atoms with E-state index in [9.17, 15) is 0 Å². The molecule has 2 radical (unpaired) electrons. The molecule has 0 spiro atoms. The predicted molar refractivity (Wildman–Crippen MR) is 62.4 cm³/mol. The SMILES string of the molecule is CCC[CH2][Sn][c]1ncc(OC2COC2)cn1. The Hall–Kier alpha value is -0.361. The van der Waals surface area contributed by atoms with Crippen LogP contribution in [0.15, 0.2) is 12.4 Å². The molecule has 0 aliphatic carbocycles. The van der Waals surface area contributed by atoms with Gasteiger partial charge in [0.05, 0.1) is 0 Å². The fraction of sp³-hybridized carbons (Fsp3) is 0.636. The van der Waals surface area contributed by atoms with Gasteiger partial charge >= 0.3 is 106 Å². The van der Waals surface area contributed by atoms with E-state index in [4.69, 9.17) is 9.47 Å². The molecule has 2 heterocycles. The fourth-order valence-corrected chi connectivity index (χ4v) is 4.36. The van der Waals surface area contributed by atoms with Crippen molar-refractivity contribution in [2.24, 2.45) is 0 Å². The third kappa shape index (κ3) is 3.59. The molecule has 16 heavy (non-hydrogen) atoms. The Morgan fingerprint density at radius 3 is 2.75 bits per heavy atom. The maximum absolute atomic E-state index is 5.60. The normalized spacial score (nSPS) is 15.8. The predicted octanol–water partition coefficient (Wildman–Crippen LogP) is 0.802. The van der Waals surface area contributed by atoms with Crippen molar-refractivity contribution in [2.45, 2.75) is 30.3 Å². The summed E-state index contributed by atoms with van der Waals surface area (Å²) < 4.78 is 13.0. The molecule has 0 amide bonds. The molecule has 86 valence electrons. The van der Waals surface area contributed by atoms with Crippen LogP contribution in [0.1, 0.15) is 19.8 Å². The molecule has 1 fully saturated rings.